The van der Waals surface area contributed by atoms with Gasteiger partial charge < -0.3 is 9.74 Å². The Labute approximate surface area is 206 Å². The van der Waals surface area contributed by atoms with Gasteiger partial charge in [-0.25, -0.2) is 26.5 Å². The van der Waals surface area contributed by atoms with Gasteiger partial charge in [0.05, 0.1) is 18.4 Å². The molecule has 0 aromatic carbocycles. The van der Waals surface area contributed by atoms with Crippen LogP contribution >= 0.6 is 0 Å². The Kier molecular flexibility index (Phi) is 8.04. The second-order valence-electron chi connectivity index (χ2n) is 10.5. The number of hydrogen-bond acceptors (Lipinski definition) is 7. The van der Waals surface area contributed by atoms with Gasteiger partial charge in [0.1, 0.15) is 5.65 Å². The second kappa shape index (κ2) is 10.2. The summed E-state index contributed by atoms with van der Waals surface area (Å²) in [6.07, 6.45) is 0.844. The van der Waals surface area contributed by atoms with Crippen LogP contribution in [0.1, 0.15) is 45.6 Å². The molecule has 3 heterocycles. The minimum atomic E-state index is -3.24. The number of pyridine rings is 1. The molecule has 2 aromatic rings. The van der Waals surface area contributed by atoms with Crippen molar-refractivity contribution in [2.24, 2.45) is 0 Å². The van der Waals surface area contributed by atoms with Gasteiger partial charge in [-0.05, 0) is 37.0 Å². The van der Waals surface area contributed by atoms with Crippen molar-refractivity contribution < 1.29 is 21.6 Å². The minimum absolute atomic E-state index is 0.0310. The summed E-state index contributed by atoms with van der Waals surface area (Å²) in [6, 6.07) is 1.09. The molecule has 35 heavy (non-hydrogen) atoms. The molecular weight excluding hydrogens is 496 g/mol. The number of nitrogens with zero attached hydrogens (tertiary/aromatic N) is 4. The highest BCUT2D eigenvalue weighted by Gasteiger charge is 2.37. The molecule has 1 fully saturated rings. The first-order valence-electron chi connectivity index (χ1n) is 11.6. The molecule has 1 aliphatic rings. The Morgan fingerprint density at radius 3 is 2.43 bits per heavy atom. The molecule has 2 aromatic heterocycles. The third kappa shape index (κ3) is 6.43. The number of halogens is 2. The van der Waals surface area contributed by atoms with E-state index in [1.54, 1.807) is 0 Å². The lowest BCUT2D eigenvalue weighted by atomic mass is 10.1. The van der Waals surface area contributed by atoms with Crippen molar-refractivity contribution in [2.45, 2.75) is 70.8 Å². The third-order valence-electron chi connectivity index (χ3n) is 6.93. The van der Waals surface area contributed by atoms with Crippen LogP contribution in [-0.4, -0.2) is 67.6 Å². The van der Waals surface area contributed by atoms with E-state index in [2.05, 4.69) is 49.1 Å². The zero-order valence-corrected chi connectivity index (χ0v) is 23.0. The van der Waals surface area contributed by atoms with Crippen molar-refractivity contribution in [1.29, 1.82) is 0 Å². The van der Waals surface area contributed by atoms with Crippen LogP contribution in [-0.2, 0) is 21.0 Å². The number of hydrogen-bond donors (Lipinski definition) is 1. The smallest absolute Gasteiger partial charge is 0.269 e. The van der Waals surface area contributed by atoms with Gasteiger partial charge in [0.15, 0.2) is 8.32 Å². The first kappa shape index (κ1) is 27.6. The number of alkyl halides is 2. The normalized spacial score (nSPS) is 16.8. The van der Waals surface area contributed by atoms with Gasteiger partial charge >= 0.3 is 0 Å². The van der Waals surface area contributed by atoms with E-state index in [0.29, 0.717) is 31.3 Å². The summed E-state index contributed by atoms with van der Waals surface area (Å²) in [6.45, 7) is 11.5. The molecule has 196 valence electrons. The number of fused-ring (bicyclic) bond motifs is 1. The van der Waals surface area contributed by atoms with Gasteiger partial charge in [0.2, 0.25) is 16.0 Å². The Hall–Kier alpha value is -1.96. The zero-order valence-electron chi connectivity index (χ0n) is 21.1. The molecule has 0 unspecified atom stereocenters. The van der Waals surface area contributed by atoms with Crippen molar-refractivity contribution in [2.75, 3.05) is 31.3 Å². The fraction of sp³-hybridized carbons (Fsp3) is 0.682. The van der Waals surface area contributed by atoms with Gasteiger partial charge in [-0.3, -0.25) is 9.36 Å². The topological polar surface area (TPSA) is 106 Å². The third-order valence-corrected chi connectivity index (χ3v) is 12.8. The maximum atomic E-state index is 13.6. The lowest BCUT2D eigenvalue weighted by Crippen LogP contribution is -2.42. The number of sulfonamides is 1. The lowest BCUT2D eigenvalue weighted by molar-refractivity contribution is 0.149. The first-order chi connectivity index (χ1) is 16.1. The van der Waals surface area contributed by atoms with Gasteiger partial charge in [-0.15, -0.1) is 0 Å². The van der Waals surface area contributed by atoms with Crippen LogP contribution in [0.4, 0.5) is 14.7 Å². The highest BCUT2D eigenvalue weighted by Crippen LogP contribution is 2.36. The monoisotopic (exact) mass is 531 g/mol. The summed E-state index contributed by atoms with van der Waals surface area (Å²) in [7, 11) is -5.33. The predicted octanol–water partition coefficient (Wildman–Crippen LogP) is 3.59. The molecule has 0 radical (unpaired) electrons. The van der Waals surface area contributed by atoms with Crippen LogP contribution in [0.5, 0.6) is 0 Å². The van der Waals surface area contributed by atoms with Crippen LogP contribution in [0, 0.1) is 0 Å². The summed E-state index contributed by atoms with van der Waals surface area (Å²) in [4.78, 5) is 21.6. The molecule has 13 heteroatoms. The van der Waals surface area contributed by atoms with Crippen LogP contribution in [0.2, 0.25) is 18.1 Å². The molecule has 1 N–H and O–H groups in total. The molecule has 9 nitrogen and oxygen atoms in total. The average Bonchev–Trinajstić information content (AvgIpc) is 2.74. The van der Waals surface area contributed by atoms with E-state index in [0.717, 1.165) is 6.07 Å². The predicted molar refractivity (Wildman–Crippen MR) is 135 cm³/mol. The zero-order chi connectivity index (χ0) is 26.2. The van der Waals surface area contributed by atoms with E-state index in [9.17, 15) is 22.0 Å². The Balaban J connectivity index is 1.86. The van der Waals surface area contributed by atoms with Gasteiger partial charge in [0.25, 0.3) is 12.0 Å². The van der Waals surface area contributed by atoms with E-state index in [4.69, 9.17) is 4.43 Å². The molecule has 0 atom stereocenters. The summed E-state index contributed by atoms with van der Waals surface area (Å²) in [5, 5.41) is 3.50. The van der Waals surface area contributed by atoms with E-state index in [1.165, 1.54) is 21.3 Å². The van der Waals surface area contributed by atoms with Gasteiger partial charge in [-0.1, -0.05) is 20.8 Å². The number of anilines is 1. The van der Waals surface area contributed by atoms with Crippen LogP contribution in [0.25, 0.3) is 11.0 Å². The Morgan fingerprint density at radius 1 is 1.26 bits per heavy atom. The highest BCUT2D eigenvalue weighted by atomic mass is 32.2. The van der Waals surface area contributed by atoms with E-state index in [1.807, 2.05) is 0 Å². The first-order valence-corrected chi connectivity index (χ1v) is 16.4. The SMILES string of the molecule is CC(C)(C)[Si](C)(C)OCCn1c(=O)c(C(F)F)cc2cnc(NC3CCN(S(C)(=O)=O)CC3)nc21. The Bertz CT molecular complexity index is 1220. The summed E-state index contributed by atoms with van der Waals surface area (Å²) < 4.78 is 59.4. The molecule has 0 bridgehead atoms. The van der Waals surface area contributed by atoms with Crippen molar-refractivity contribution >= 4 is 35.3 Å². The number of rotatable bonds is 8. The standard InChI is InChI=1S/C22H35F2N5O4SSi/c1-22(2,3)35(5,6)33-12-11-29-19-15(13-17(18(23)24)20(29)30)14-25-21(27-19)26-16-7-9-28(10-8-16)34(4,31)32/h13-14,16,18H,7-12H2,1-6H3,(H,25,26,27). The molecule has 1 aliphatic heterocycles. The number of aromatic nitrogens is 3. The van der Waals surface area contributed by atoms with Crippen LogP contribution < -0.4 is 10.9 Å². The van der Waals surface area contributed by atoms with Crippen LogP contribution in [0.3, 0.4) is 0 Å². The fourth-order valence-electron chi connectivity index (χ4n) is 3.74. The maximum Gasteiger partial charge on any atom is 0.269 e. The van der Waals surface area contributed by atoms with Crippen molar-refractivity contribution in [1.82, 2.24) is 18.8 Å². The van der Waals surface area contributed by atoms with Crippen LogP contribution in [0.15, 0.2) is 17.1 Å². The van der Waals surface area contributed by atoms with Gasteiger partial charge in [0, 0.05) is 37.3 Å². The van der Waals surface area contributed by atoms with Crippen molar-refractivity contribution in [3.8, 4) is 0 Å². The second-order valence-corrected chi connectivity index (χ2v) is 17.3. The Morgan fingerprint density at radius 2 is 1.89 bits per heavy atom. The minimum Gasteiger partial charge on any atom is -0.415 e. The largest absolute Gasteiger partial charge is 0.415 e. The van der Waals surface area contributed by atoms with Crippen molar-refractivity contribution in [3.63, 3.8) is 0 Å². The van der Waals surface area contributed by atoms with E-state index in [-0.39, 0.29) is 35.8 Å². The summed E-state index contributed by atoms with van der Waals surface area (Å²) in [5.41, 5.74) is -1.14. The highest BCUT2D eigenvalue weighted by molar-refractivity contribution is 7.88. The average molecular weight is 532 g/mol. The molecule has 3 rings (SSSR count). The summed E-state index contributed by atoms with van der Waals surface area (Å²) in [5.74, 6) is 0.263. The molecular formula is C22H35F2N5O4SSi. The molecule has 1 saturated heterocycles. The van der Waals surface area contributed by atoms with Crippen molar-refractivity contribution in [3.05, 3.63) is 28.2 Å². The maximum absolute atomic E-state index is 13.6. The number of nitrogens with one attached hydrogen (secondary N) is 1. The molecule has 0 amide bonds. The molecule has 0 aliphatic carbocycles. The fourth-order valence-corrected chi connectivity index (χ4v) is 5.65. The molecule has 0 saturated carbocycles. The van der Waals surface area contributed by atoms with Gasteiger partial charge in [-0.2, -0.15) is 4.98 Å². The quantitative estimate of drug-likeness (QED) is 0.519. The van der Waals surface area contributed by atoms with E-state index < -0.39 is 35.9 Å². The summed E-state index contributed by atoms with van der Waals surface area (Å²) >= 11 is 0. The molecule has 0 spiro atoms. The lowest BCUT2D eigenvalue weighted by Gasteiger charge is -2.36. The van der Waals surface area contributed by atoms with E-state index >= 15 is 0 Å². The number of piperidine rings is 1.